The Labute approximate surface area is 110 Å². The predicted octanol–water partition coefficient (Wildman–Crippen LogP) is 0.533. The molecule has 0 aliphatic rings. The quantitative estimate of drug-likeness (QED) is 0.766. The number of methoxy groups -OCH3 is 1. The summed E-state index contributed by atoms with van der Waals surface area (Å²) in [6, 6.07) is 5.80. The van der Waals surface area contributed by atoms with Gasteiger partial charge in [0.15, 0.2) is 6.04 Å². The normalized spacial score (nSPS) is 11.7. The van der Waals surface area contributed by atoms with Gasteiger partial charge >= 0.3 is 5.97 Å². The fourth-order valence-electron chi connectivity index (χ4n) is 1.40. The predicted molar refractivity (Wildman–Crippen MR) is 66.2 cm³/mol. The molecule has 1 amide bonds. The van der Waals surface area contributed by atoms with Crippen LogP contribution >= 0.6 is 11.6 Å². The minimum Gasteiger partial charge on any atom is -0.467 e. The van der Waals surface area contributed by atoms with Crippen molar-refractivity contribution in [3.8, 4) is 0 Å². The summed E-state index contributed by atoms with van der Waals surface area (Å²) in [6.45, 7) is -0.506. The maximum absolute atomic E-state index is 11.6. The molecule has 5 nitrogen and oxygen atoms in total. The van der Waals surface area contributed by atoms with E-state index in [4.69, 9.17) is 16.7 Å². The molecule has 0 aliphatic carbocycles. The maximum Gasteiger partial charge on any atom is 0.330 e. The molecule has 1 aromatic carbocycles. The number of halogens is 1. The van der Waals surface area contributed by atoms with Gasteiger partial charge < -0.3 is 15.2 Å². The molecular formula is C12H14ClNO4. The zero-order valence-corrected chi connectivity index (χ0v) is 10.6. The third-order valence-electron chi connectivity index (χ3n) is 2.26. The number of hydrogen-bond acceptors (Lipinski definition) is 4. The second kappa shape index (κ2) is 6.98. The number of rotatable bonds is 5. The Morgan fingerprint density at radius 3 is 2.78 bits per heavy atom. The number of carbonyl (C=O) groups is 2. The van der Waals surface area contributed by atoms with Crippen molar-refractivity contribution in [1.82, 2.24) is 5.32 Å². The molecule has 98 valence electrons. The Morgan fingerprint density at radius 2 is 2.22 bits per heavy atom. The Balaban J connectivity index is 2.58. The Morgan fingerprint density at radius 1 is 1.50 bits per heavy atom. The SMILES string of the molecule is COC(=O)C(CO)NC(=O)Cc1cccc(Cl)c1. The highest BCUT2D eigenvalue weighted by Crippen LogP contribution is 2.11. The van der Waals surface area contributed by atoms with Gasteiger partial charge in [0.1, 0.15) is 0 Å². The highest BCUT2D eigenvalue weighted by Gasteiger charge is 2.20. The summed E-state index contributed by atoms with van der Waals surface area (Å²) in [5.74, 6) is -1.07. The van der Waals surface area contributed by atoms with E-state index in [-0.39, 0.29) is 12.3 Å². The van der Waals surface area contributed by atoms with Crippen LogP contribution in [0.1, 0.15) is 5.56 Å². The molecule has 0 radical (unpaired) electrons. The summed E-state index contributed by atoms with van der Waals surface area (Å²) in [6.07, 6.45) is 0.0774. The molecule has 6 heteroatoms. The van der Waals surface area contributed by atoms with E-state index in [0.717, 1.165) is 5.56 Å². The molecule has 0 aromatic heterocycles. The maximum atomic E-state index is 11.6. The van der Waals surface area contributed by atoms with Crippen LogP contribution in [-0.4, -0.2) is 36.7 Å². The first-order valence-electron chi connectivity index (χ1n) is 5.29. The minimum atomic E-state index is -1.04. The molecule has 0 saturated carbocycles. The van der Waals surface area contributed by atoms with Crippen LogP contribution in [0.3, 0.4) is 0 Å². The van der Waals surface area contributed by atoms with Gasteiger partial charge in [0.2, 0.25) is 5.91 Å². The number of ether oxygens (including phenoxy) is 1. The lowest BCUT2D eigenvalue weighted by molar-refractivity contribution is -0.146. The van der Waals surface area contributed by atoms with Gasteiger partial charge in [-0.3, -0.25) is 4.79 Å². The summed E-state index contributed by atoms with van der Waals surface area (Å²) < 4.78 is 4.44. The number of esters is 1. The Kier molecular flexibility index (Phi) is 5.61. The molecule has 0 saturated heterocycles. The number of hydrogen-bond donors (Lipinski definition) is 2. The minimum absolute atomic E-state index is 0.0774. The lowest BCUT2D eigenvalue weighted by Gasteiger charge is -2.13. The first kappa shape index (κ1) is 14.5. The van der Waals surface area contributed by atoms with Crippen molar-refractivity contribution in [3.63, 3.8) is 0 Å². The molecule has 1 unspecified atom stereocenters. The van der Waals surface area contributed by atoms with Crippen molar-refractivity contribution in [3.05, 3.63) is 34.9 Å². The van der Waals surface area contributed by atoms with E-state index >= 15 is 0 Å². The first-order valence-corrected chi connectivity index (χ1v) is 5.67. The number of nitrogens with one attached hydrogen (secondary N) is 1. The fraction of sp³-hybridized carbons (Fsp3) is 0.333. The largest absolute Gasteiger partial charge is 0.467 e. The summed E-state index contributed by atoms with van der Waals surface area (Å²) >= 11 is 5.79. The van der Waals surface area contributed by atoms with Crippen LogP contribution in [0, 0.1) is 0 Å². The highest BCUT2D eigenvalue weighted by molar-refractivity contribution is 6.30. The average Bonchev–Trinajstić information content (AvgIpc) is 2.35. The standard InChI is InChI=1S/C12H14ClNO4/c1-18-12(17)10(7-15)14-11(16)6-8-3-2-4-9(13)5-8/h2-5,10,15H,6-7H2,1H3,(H,14,16). The molecule has 1 atom stereocenters. The van der Waals surface area contributed by atoms with Crippen molar-refractivity contribution in [2.24, 2.45) is 0 Å². The van der Waals surface area contributed by atoms with Gasteiger partial charge in [0.05, 0.1) is 20.1 Å². The monoisotopic (exact) mass is 271 g/mol. The van der Waals surface area contributed by atoms with Gasteiger partial charge in [-0.2, -0.15) is 0 Å². The molecule has 0 fully saturated rings. The summed E-state index contributed by atoms with van der Waals surface area (Å²) in [5.41, 5.74) is 0.724. The third kappa shape index (κ3) is 4.35. The van der Waals surface area contributed by atoms with Gasteiger partial charge in [-0.05, 0) is 17.7 Å². The molecule has 0 spiro atoms. The van der Waals surface area contributed by atoms with E-state index < -0.39 is 18.6 Å². The van der Waals surface area contributed by atoms with Crippen molar-refractivity contribution < 1.29 is 19.4 Å². The van der Waals surface area contributed by atoms with Crippen LogP contribution in [0.15, 0.2) is 24.3 Å². The molecule has 0 heterocycles. The number of aliphatic hydroxyl groups is 1. The van der Waals surface area contributed by atoms with Crippen LogP contribution in [0.25, 0.3) is 0 Å². The van der Waals surface area contributed by atoms with Crippen LogP contribution in [0.4, 0.5) is 0 Å². The van der Waals surface area contributed by atoms with Crippen LogP contribution in [-0.2, 0) is 20.7 Å². The van der Waals surface area contributed by atoms with Crippen LogP contribution in [0.2, 0.25) is 5.02 Å². The van der Waals surface area contributed by atoms with E-state index in [0.29, 0.717) is 5.02 Å². The van der Waals surface area contributed by atoms with Gasteiger partial charge in [-0.25, -0.2) is 4.79 Å². The lowest BCUT2D eigenvalue weighted by atomic mass is 10.1. The fourth-order valence-corrected chi connectivity index (χ4v) is 1.61. The third-order valence-corrected chi connectivity index (χ3v) is 2.49. The number of amides is 1. The van der Waals surface area contributed by atoms with Gasteiger partial charge in [0.25, 0.3) is 0 Å². The molecular weight excluding hydrogens is 258 g/mol. The molecule has 18 heavy (non-hydrogen) atoms. The van der Waals surface area contributed by atoms with E-state index in [9.17, 15) is 9.59 Å². The summed E-state index contributed by atoms with van der Waals surface area (Å²) in [5, 5.41) is 11.9. The highest BCUT2D eigenvalue weighted by atomic mass is 35.5. The van der Waals surface area contributed by atoms with Gasteiger partial charge in [0, 0.05) is 5.02 Å². The molecule has 2 N–H and O–H groups in total. The summed E-state index contributed by atoms with van der Waals surface area (Å²) in [7, 11) is 1.19. The van der Waals surface area contributed by atoms with E-state index in [1.54, 1.807) is 24.3 Å². The van der Waals surface area contributed by atoms with Crippen LogP contribution in [0.5, 0.6) is 0 Å². The van der Waals surface area contributed by atoms with Gasteiger partial charge in [-0.15, -0.1) is 0 Å². The second-order valence-electron chi connectivity index (χ2n) is 3.63. The molecule has 1 aromatic rings. The molecule has 1 rings (SSSR count). The van der Waals surface area contributed by atoms with E-state index in [1.807, 2.05) is 0 Å². The summed E-state index contributed by atoms with van der Waals surface area (Å²) in [4.78, 5) is 22.8. The molecule has 0 bridgehead atoms. The second-order valence-corrected chi connectivity index (χ2v) is 4.07. The smallest absolute Gasteiger partial charge is 0.330 e. The molecule has 0 aliphatic heterocycles. The number of carbonyl (C=O) groups excluding carboxylic acids is 2. The Hall–Kier alpha value is -1.59. The Bertz CT molecular complexity index is 436. The topological polar surface area (TPSA) is 75.6 Å². The van der Waals surface area contributed by atoms with E-state index in [1.165, 1.54) is 7.11 Å². The zero-order chi connectivity index (χ0) is 13.5. The van der Waals surface area contributed by atoms with Crippen molar-refractivity contribution >= 4 is 23.5 Å². The van der Waals surface area contributed by atoms with Crippen molar-refractivity contribution in [1.29, 1.82) is 0 Å². The lowest BCUT2D eigenvalue weighted by Crippen LogP contribution is -2.44. The van der Waals surface area contributed by atoms with E-state index in [2.05, 4.69) is 10.1 Å². The number of aliphatic hydroxyl groups excluding tert-OH is 1. The van der Waals surface area contributed by atoms with Crippen molar-refractivity contribution in [2.45, 2.75) is 12.5 Å². The first-order chi connectivity index (χ1) is 8.56. The van der Waals surface area contributed by atoms with Gasteiger partial charge in [-0.1, -0.05) is 23.7 Å². The average molecular weight is 272 g/mol. The van der Waals surface area contributed by atoms with Crippen LogP contribution < -0.4 is 5.32 Å². The number of benzene rings is 1. The van der Waals surface area contributed by atoms with Crippen molar-refractivity contribution in [2.75, 3.05) is 13.7 Å². The zero-order valence-electron chi connectivity index (χ0n) is 9.85.